The summed E-state index contributed by atoms with van der Waals surface area (Å²) in [7, 11) is 3.11. The summed E-state index contributed by atoms with van der Waals surface area (Å²) in [6.07, 6.45) is 0.678. The smallest absolute Gasteiger partial charge is 0.278 e. The molecule has 6 heteroatoms. The zero-order valence-electron chi connectivity index (χ0n) is 16.5. The van der Waals surface area contributed by atoms with E-state index in [-0.39, 0.29) is 17.5 Å². The van der Waals surface area contributed by atoms with Crippen molar-refractivity contribution in [2.75, 3.05) is 26.1 Å². The summed E-state index contributed by atoms with van der Waals surface area (Å²) in [5.41, 5.74) is 2.75. The van der Waals surface area contributed by atoms with Crippen molar-refractivity contribution in [2.24, 2.45) is 0 Å². The number of amides is 2. The number of nitrogens with zero attached hydrogens (tertiary/aromatic N) is 1. The molecule has 2 amide bonds. The first-order chi connectivity index (χ1) is 13.5. The van der Waals surface area contributed by atoms with Crippen LogP contribution in [0.1, 0.15) is 24.5 Å². The van der Waals surface area contributed by atoms with Crippen LogP contribution in [-0.4, -0.2) is 37.5 Å². The van der Waals surface area contributed by atoms with Crippen molar-refractivity contribution >= 4 is 23.1 Å². The highest BCUT2D eigenvalue weighted by Crippen LogP contribution is 2.37. The van der Waals surface area contributed by atoms with Crippen molar-refractivity contribution in [3.8, 4) is 11.5 Å². The topological polar surface area (TPSA) is 67.9 Å². The Morgan fingerprint density at radius 2 is 1.68 bits per heavy atom. The molecule has 1 heterocycles. The van der Waals surface area contributed by atoms with Gasteiger partial charge >= 0.3 is 0 Å². The largest absolute Gasteiger partial charge is 0.496 e. The van der Waals surface area contributed by atoms with Crippen LogP contribution < -0.4 is 14.8 Å². The molecule has 1 N–H and O–H groups in total. The van der Waals surface area contributed by atoms with Gasteiger partial charge in [0.15, 0.2) is 0 Å². The molecule has 0 radical (unpaired) electrons. The molecule has 0 aromatic heterocycles. The molecule has 0 fully saturated rings. The quantitative estimate of drug-likeness (QED) is 0.743. The van der Waals surface area contributed by atoms with Crippen LogP contribution in [0.2, 0.25) is 0 Å². The number of hydrogen-bond donors (Lipinski definition) is 1. The summed E-state index contributed by atoms with van der Waals surface area (Å²) in [5.74, 6) is 0.445. The van der Waals surface area contributed by atoms with Gasteiger partial charge in [0.05, 0.1) is 25.5 Å². The van der Waals surface area contributed by atoms with E-state index in [2.05, 4.69) is 5.32 Å². The van der Waals surface area contributed by atoms with Crippen LogP contribution in [0.25, 0.3) is 5.57 Å². The standard InChI is InChI=1S/C22H24N2O4/c1-5-12-24-21(25)19(15-8-6-7-9-17(15)27-3)20(22(24)26)23-16-13-14(2)10-11-18(16)28-4/h6-11,13,23H,5,12H2,1-4H3. The number of carbonyl (C=O) groups excluding carboxylic acids is 2. The highest BCUT2D eigenvalue weighted by atomic mass is 16.5. The van der Waals surface area contributed by atoms with Crippen molar-refractivity contribution < 1.29 is 19.1 Å². The fourth-order valence-corrected chi connectivity index (χ4v) is 3.27. The van der Waals surface area contributed by atoms with Crippen LogP contribution in [0.4, 0.5) is 5.69 Å². The number of methoxy groups -OCH3 is 2. The first kappa shape index (κ1) is 19.5. The summed E-state index contributed by atoms with van der Waals surface area (Å²) >= 11 is 0. The minimum absolute atomic E-state index is 0.229. The molecule has 0 saturated heterocycles. The number of imide groups is 1. The van der Waals surface area contributed by atoms with Gasteiger partial charge in [0.2, 0.25) is 0 Å². The van der Waals surface area contributed by atoms with E-state index >= 15 is 0 Å². The van der Waals surface area contributed by atoms with Gasteiger partial charge in [-0.2, -0.15) is 0 Å². The predicted octanol–water partition coefficient (Wildman–Crippen LogP) is 3.61. The zero-order valence-corrected chi connectivity index (χ0v) is 16.5. The van der Waals surface area contributed by atoms with Crippen molar-refractivity contribution in [3.05, 3.63) is 59.3 Å². The number of hydrogen-bond acceptors (Lipinski definition) is 5. The Hall–Kier alpha value is -3.28. The maximum absolute atomic E-state index is 13.1. The van der Waals surface area contributed by atoms with E-state index in [0.29, 0.717) is 41.3 Å². The second kappa shape index (κ2) is 8.17. The number of carbonyl (C=O) groups is 2. The van der Waals surface area contributed by atoms with E-state index in [1.54, 1.807) is 26.4 Å². The Kier molecular flexibility index (Phi) is 5.68. The Bertz CT molecular complexity index is 949. The summed E-state index contributed by atoms with van der Waals surface area (Å²) in [4.78, 5) is 27.5. The molecule has 1 aliphatic rings. The van der Waals surface area contributed by atoms with E-state index in [0.717, 1.165) is 5.56 Å². The minimum Gasteiger partial charge on any atom is -0.496 e. The third kappa shape index (κ3) is 3.45. The van der Waals surface area contributed by atoms with Gasteiger partial charge in [0, 0.05) is 12.1 Å². The van der Waals surface area contributed by atoms with Crippen LogP contribution in [0.15, 0.2) is 48.2 Å². The van der Waals surface area contributed by atoms with Gasteiger partial charge in [-0.15, -0.1) is 0 Å². The molecule has 0 atom stereocenters. The molecule has 2 aromatic rings. The lowest BCUT2D eigenvalue weighted by atomic mass is 10.0. The van der Waals surface area contributed by atoms with Gasteiger partial charge in [0.1, 0.15) is 17.2 Å². The molecule has 28 heavy (non-hydrogen) atoms. The highest BCUT2D eigenvalue weighted by Gasteiger charge is 2.39. The number of rotatable bonds is 7. The normalized spacial score (nSPS) is 13.9. The summed E-state index contributed by atoms with van der Waals surface area (Å²) in [6.45, 7) is 4.23. The van der Waals surface area contributed by atoms with Gasteiger partial charge in [-0.25, -0.2) is 0 Å². The van der Waals surface area contributed by atoms with Crippen LogP contribution in [0, 0.1) is 6.92 Å². The fraction of sp³-hybridized carbons (Fsp3) is 0.273. The summed E-state index contributed by atoms with van der Waals surface area (Å²) < 4.78 is 10.8. The third-order valence-corrected chi connectivity index (χ3v) is 4.61. The van der Waals surface area contributed by atoms with Gasteiger partial charge in [0.25, 0.3) is 11.8 Å². The lowest BCUT2D eigenvalue weighted by Crippen LogP contribution is -2.33. The van der Waals surface area contributed by atoms with E-state index in [9.17, 15) is 9.59 Å². The Morgan fingerprint density at radius 1 is 0.964 bits per heavy atom. The molecule has 0 bridgehead atoms. The molecular weight excluding hydrogens is 356 g/mol. The maximum Gasteiger partial charge on any atom is 0.278 e. The number of nitrogens with one attached hydrogen (secondary N) is 1. The first-order valence-corrected chi connectivity index (χ1v) is 9.17. The van der Waals surface area contributed by atoms with Gasteiger partial charge in [-0.05, 0) is 37.1 Å². The highest BCUT2D eigenvalue weighted by molar-refractivity contribution is 6.37. The molecule has 1 aliphatic heterocycles. The number of ether oxygens (including phenoxy) is 2. The van der Waals surface area contributed by atoms with E-state index in [1.165, 1.54) is 4.90 Å². The van der Waals surface area contributed by atoms with Gasteiger partial charge in [-0.1, -0.05) is 31.2 Å². The molecule has 0 saturated carbocycles. The summed E-state index contributed by atoms with van der Waals surface area (Å²) in [6, 6.07) is 12.8. The minimum atomic E-state index is -0.351. The van der Waals surface area contributed by atoms with Gasteiger partial charge < -0.3 is 14.8 Å². The van der Waals surface area contributed by atoms with Crippen molar-refractivity contribution in [2.45, 2.75) is 20.3 Å². The maximum atomic E-state index is 13.1. The number of benzene rings is 2. The van der Waals surface area contributed by atoms with Crippen LogP contribution in [0.5, 0.6) is 11.5 Å². The van der Waals surface area contributed by atoms with E-state index < -0.39 is 0 Å². The Labute approximate surface area is 164 Å². The molecule has 6 nitrogen and oxygen atoms in total. The van der Waals surface area contributed by atoms with Crippen molar-refractivity contribution in [1.82, 2.24) is 4.90 Å². The average molecular weight is 380 g/mol. The van der Waals surface area contributed by atoms with E-state index in [4.69, 9.17) is 9.47 Å². The fourth-order valence-electron chi connectivity index (χ4n) is 3.27. The zero-order chi connectivity index (χ0) is 20.3. The Balaban J connectivity index is 2.17. The monoisotopic (exact) mass is 380 g/mol. The average Bonchev–Trinajstić information content (AvgIpc) is 2.92. The van der Waals surface area contributed by atoms with Crippen molar-refractivity contribution in [3.63, 3.8) is 0 Å². The number of aryl methyl sites for hydroxylation is 1. The SMILES string of the molecule is CCCN1C(=O)C(Nc2cc(C)ccc2OC)=C(c2ccccc2OC)C1=O. The second-order valence-electron chi connectivity index (χ2n) is 6.54. The van der Waals surface area contributed by atoms with Crippen LogP contribution >= 0.6 is 0 Å². The molecule has 0 aliphatic carbocycles. The predicted molar refractivity (Wildman–Crippen MR) is 108 cm³/mol. The molecule has 0 spiro atoms. The lowest BCUT2D eigenvalue weighted by Gasteiger charge is -2.15. The second-order valence-corrected chi connectivity index (χ2v) is 6.54. The Morgan fingerprint density at radius 3 is 2.36 bits per heavy atom. The lowest BCUT2D eigenvalue weighted by molar-refractivity contribution is -0.136. The third-order valence-electron chi connectivity index (χ3n) is 4.61. The van der Waals surface area contributed by atoms with Gasteiger partial charge in [-0.3, -0.25) is 14.5 Å². The van der Waals surface area contributed by atoms with Crippen LogP contribution in [-0.2, 0) is 9.59 Å². The van der Waals surface area contributed by atoms with Crippen LogP contribution in [0.3, 0.4) is 0 Å². The molecule has 2 aromatic carbocycles. The summed E-state index contributed by atoms with van der Waals surface area (Å²) in [5, 5.41) is 3.16. The number of para-hydroxylation sites is 1. The van der Waals surface area contributed by atoms with E-state index in [1.807, 2.05) is 44.2 Å². The first-order valence-electron chi connectivity index (χ1n) is 9.17. The molecule has 0 unspecified atom stereocenters. The van der Waals surface area contributed by atoms with Crippen molar-refractivity contribution in [1.29, 1.82) is 0 Å². The molecular formula is C22H24N2O4. The molecule has 3 rings (SSSR count). The number of anilines is 1. The molecule has 146 valence electrons.